The van der Waals surface area contributed by atoms with Gasteiger partial charge < -0.3 is 24.5 Å². The first-order valence-corrected chi connectivity index (χ1v) is 8.23. The van der Waals surface area contributed by atoms with E-state index < -0.39 is 0 Å². The highest BCUT2D eigenvalue weighted by Crippen LogP contribution is 2.32. The molecule has 1 aromatic heterocycles. The number of ether oxygens (including phenoxy) is 2. The van der Waals surface area contributed by atoms with Crippen molar-refractivity contribution in [2.24, 2.45) is 0 Å². The predicted octanol–water partition coefficient (Wildman–Crippen LogP) is 2.59. The molecule has 0 saturated carbocycles. The van der Waals surface area contributed by atoms with Gasteiger partial charge in [-0.2, -0.15) is 0 Å². The summed E-state index contributed by atoms with van der Waals surface area (Å²) in [5.74, 6) is 1.18. The lowest BCUT2D eigenvalue weighted by atomic mass is 10.2. The molecule has 0 bridgehead atoms. The highest BCUT2D eigenvalue weighted by molar-refractivity contribution is 5.92. The number of nitrogens with one attached hydrogen (secondary N) is 2. The van der Waals surface area contributed by atoms with Crippen molar-refractivity contribution in [3.05, 3.63) is 42.4 Å². The van der Waals surface area contributed by atoms with E-state index in [2.05, 4.69) is 10.6 Å². The average Bonchev–Trinajstić information content (AvgIpc) is 3.05. The maximum Gasteiger partial charge on any atom is 0.286 e. The van der Waals surface area contributed by atoms with Gasteiger partial charge in [0.15, 0.2) is 17.3 Å². The Labute approximate surface area is 145 Å². The fraction of sp³-hybridized carbons (Fsp3) is 0.333. The fourth-order valence-corrected chi connectivity index (χ4v) is 2.41. The summed E-state index contributed by atoms with van der Waals surface area (Å²) in [5, 5.41) is 5.53. The number of rotatable bonds is 6. The Morgan fingerprint density at radius 3 is 2.72 bits per heavy atom. The van der Waals surface area contributed by atoms with E-state index in [9.17, 15) is 9.59 Å². The van der Waals surface area contributed by atoms with Crippen LogP contribution in [0.4, 0.5) is 5.69 Å². The number of fused-ring (bicyclic) bond motifs is 1. The molecule has 0 fully saturated rings. The number of amides is 2. The molecular weight excluding hydrogens is 324 g/mol. The SMILES string of the molecule is O=C(CCCNC(=O)c1ccco1)Nc1ccc2c(c1)OCCCO2. The smallest absolute Gasteiger partial charge is 0.286 e. The van der Waals surface area contributed by atoms with Gasteiger partial charge in [-0.25, -0.2) is 0 Å². The first kappa shape index (κ1) is 16.9. The Kier molecular flexibility index (Phi) is 5.56. The van der Waals surface area contributed by atoms with Gasteiger partial charge in [0.2, 0.25) is 5.91 Å². The first-order valence-electron chi connectivity index (χ1n) is 8.23. The molecule has 7 heteroatoms. The van der Waals surface area contributed by atoms with E-state index >= 15 is 0 Å². The molecule has 0 radical (unpaired) electrons. The van der Waals surface area contributed by atoms with E-state index in [4.69, 9.17) is 13.9 Å². The minimum absolute atomic E-state index is 0.123. The third-order valence-electron chi connectivity index (χ3n) is 3.64. The van der Waals surface area contributed by atoms with Gasteiger partial charge in [0, 0.05) is 31.1 Å². The summed E-state index contributed by atoms with van der Waals surface area (Å²) in [6.45, 7) is 1.62. The summed E-state index contributed by atoms with van der Waals surface area (Å²) in [6, 6.07) is 8.57. The lowest BCUT2D eigenvalue weighted by Gasteiger charge is -2.10. The molecule has 3 rings (SSSR count). The van der Waals surface area contributed by atoms with E-state index in [1.54, 1.807) is 30.3 Å². The number of carbonyl (C=O) groups is 2. The standard InChI is InChI=1S/C18H20N2O5/c21-17(5-1-8-19-18(22)15-4-2-9-24-15)20-13-6-7-14-16(12-13)25-11-3-10-23-14/h2,4,6-7,9,12H,1,3,5,8,10-11H2,(H,19,22)(H,20,21). The van der Waals surface area contributed by atoms with Crippen molar-refractivity contribution in [1.29, 1.82) is 0 Å². The molecule has 1 aliphatic rings. The molecule has 0 spiro atoms. The van der Waals surface area contributed by atoms with E-state index in [0.29, 0.717) is 49.8 Å². The maximum absolute atomic E-state index is 12.0. The number of furan rings is 1. The van der Waals surface area contributed by atoms with Gasteiger partial charge in [0.05, 0.1) is 19.5 Å². The van der Waals surface area contributed by atoms with Crippen LogP contribution in [0, 0.1) is 0 Å². The zero-order valence-corrected chi connectivity index (χ0v) is 13.7. The van der Waals surface area contributed by atoms with Gasteiger partial charge >= 0.3 is 0 Å². The molecule has 2 heterocycles. The van der Waals surface area contributed by atoms with Gasteiger partial charge in [-0.15, -0.1) is 0 Å². The minimum atomic E-state index is -0.284. The van der Waals surface area contributed by atoms with Crippen LogP contribution in [0.3, 0.4) is 0 Å². The molecule has 1 aliphatic heterocycles. The second-order valence-corrected chi connectivity index (χ2v) is 5.60. The van der Waals surface area contributed by atoms with Crippen LogP contribution in [0.5, 0.6) is 11.5 Å². The number of carbonyl (C=O) groups excluding carboxylic acids is 2. The molecule has 0 unspecified atom stereocenters. The predicted molar refractivity (Wildman–Crippen MR) is 91.0 cm³/mol. The van der Waals surface area contributed by atoms with Crippen LogP contribution in [0.1, 0.15) is 29.8 Å². The summed E-state index contributed by atoms with van der Waals surface area (Å²) < 4.78 is 16.1. The topological polar surface area (TPSA) is 89.8 Å². The summed E-state index contributed by atoms with van der Waals surface area (Å²) in [5.41, 5.74) is 0.661. The van der Waals surface area contributed by atoms with Gasteiger partial charge in [-0.1, -0.05) is 0 Å². The second-order valence-electron chi connectivity index (χ2n) is 5.60. The highest BCUT2D eigenvalue weighted by atomic mass is 16.5. The number of anilines is 1. The van der Waals surface area contributed by atoms with Crippen molar-refractivity contribution in [2.45, 2.75) is 19.3 Å². The van der Waals surface area contributed by atoms with Gasteiger partial charge in [0.25, 0.3) is 5.91 Å². The largest absolute Gasteiger partial charge is 0.490 e. The summed E-state index contributed by atoms with van der Waals surface area (Å²) in [7, 11) is 0. The van der Waals surface area contributed by atoms with Gasteiger partial charge in [-0.05, 0) is 30.7 Å². The molecule has 2 amide bonds. The summed E-state index contributed by atoms with van der Waals surface area (Å²) >= 11 is 0. The van der Waals surface area contributed by atoms with Crippen LogP contribution >= 0.6 is 0 Å². The van der Waals surface area contributed by atoms with Crippen LogP contribution in [0.15, 0.2) is 41.0 Å². The molecule has 0 aliphatic carbocycles. The minimum Gasteiger partial charge on any atom is -0.490 e. The number of hydrogen-bond acceptors (Lipinski definition) is 5. The molecule has 132 valence electrons. The Balaban J connectivity index is 1.42. The number of hydrogen-bond donors (Lipinski definition) is 2. The van der Waals surface area contributed by atoms with Crippen LogP contribution in [-0.4, -0.2) is 31.6 Å². The Morgan fingerprint density at radius 1 is 1.08 bits per heavy atom. The molecule has 1 aromatic carbocycles. The molecular formula is C18H20N2O5. The third-order valence-corrected chi connectivity index (χ3v) is 3.64. The van der Waals surface area contributed by atoms with E-state index in [1.165, 1.54) is 6.26 Å². The van der Waals surface area contributed by atoms with Crippen LogP contribution < -0.4 is 20.1 Å². The Bertz CT molecular complexity index is 727. The second kappa shape index (κ2) is 8.23. The van der Waals surface area contributed by atoms with Gasteiger partial charge in [-0.3, -0.25) is 9.59 Å². The lowest BCUT2D eigenvalue weighted by Crippen LogP contribution is -2.25. The normalized spacial score (nSPS) is 13.0. The van der Waals surface area contributed by atoms with E-state index in [0.717, 1.165) is 6.42 Å². The van der Waals surface area contributed by atoms with E-state index in [-0.39, 0.29) is 17.6 Å². The van der Waals surface area contributed by atoms with Crippen molar-refractivity contribution in [3.63, 3.8) is 0 Å². The first-order chi connectivity index (χ1) is 12.2. The number of benzene rings is 1. The molecule has 2 aromatic rings. The molecule has 7 nitrogen and oxygen atoms in total. The van der Waals surface area contributed by atoms with Crippen molar-refractivity contribution >= 4 is 17.5 Å². The van der Waals surface area contributed by atoms with Crippen molar-refractivity contribution in [3.8, 4) is 11.5 Å². The van der Waals surface area contributed by atoms with Crippen molar-refractivity contribution in [2.75, 3.05) is 25.1 Å². The fourth-order valence-electron chi connectivity index (χ4n) is 2.41. The molecule has 25 heavy (non-hydrogen) atoms. The van der Waals surface area contributed by atoms with E-state index in [1.807, 2.05) is 0 Å². The average molecular weight is 344 g/mol. The third kappa shape index (κ3) is 4.76. The molecule has 0 atom stereocenters. The maximum atomic E-state index is 12.0. The van der Waals surface area contributed by atoms with Crippen LogP contribution in [-0.2, 0) is 4.79 Å². The highest BCUT2D eigenvalue weighted by Gasteiger charge is 2.12. The monoisotopic (exact) mass is 344 g/mol. The zero-order chi connectivity index (χ0) is 17.5. The zero-order valence-electron chi connectivity index (χ0n) is 13.7. The molecule has 0 saturated heterocycles. The summed E-state index contributed by atoms with van der Waals surface area (Å²) in [4.78, 5) is 23.7. The molecule has 2 N–H and O–H groups in total. The van der Waals surface area contributed by atoms with Crippen molar-refractivity contribution in [1.82, 2.24) is 5.32 Å². The Hall–Kier alpha value is -2.96. The van der Waals surface area contributed by atoms with Crippen LogP contribution in [0.25, 0.3) is 0 Å². The lowest BCUT2D eigenvalue weighted by molar-refractivity contribution is -0.116. The van der Waals surface area contributed by atoms with Gasteiger partial charge in [0.1, 0.15) is 0 Å². The van der Waals surface area contributed by atoms with Crippen LogP contribution in [0.2, 0.25) is 0 Å². The summed E-state index contributed by atoms with van der Waals surface area (Å²) in [6.07, 6.45) is 3.10. The van der Waals surface area contributed by atoms with Crippen molar-refractivity contribution < 1.29 is 23.5 Å². The quantitative estimate of drug-likeness (QED) is 0.786. The Morgan fingerprint density at radius 2 is 1.92 bits per heavy atom.